The highest BCUT2D eigenvalue weighted by molar-refractivity contribution is 5.75. The van der Waals surface area contributed by atoms with E-state index in [4.69, 9.17) is 4.42 Å². The minimum absolute atomic E-state index is 0.0336. The lowest BCUT2D eigenvalue weighted by atomic mass is 10.1. The van der Waals surface area contributed by atoms with E-state index in [9.17, 15) is 4.79 Å². The van der Waals surface area contributed by atoms with E-state index in [1.54, 1.807) is 37.4 Å². The van der Waals surface area contributed by atoms with Crippen LogP contribution in [-0.4, -0.2) is 35.2 Å². The molecule has 0 N–H and O–H groups in total. The second-order valence-electron chi connectivity index (χ2n) is 4.97. The van der Waals surface area contributed by atoms with Gasteiger partial charge in [-0.1, -0.05) is 13.8 Å². The van der Waals surface area contributed by atoms with E-state index in [0.29, 0.717) is 17.4 Å². The average molecular weight is 289 g/mol. The van der Waals surface area contributed by atoms with Gasteiger partial charge in [0.05, 0.1) is 12.5 Å². The Kier molecular flexibility index (Phi) is 4.52. The molecule has 7 nitrogen and oxygen atoms in total. The van der Waals surface area contributed by atoms with Gasteiger partial charge in [0.25, 0.3) is 5.56 Å². The minimum atomic E-state index is -0.258. The predicted molar refractivity (Wildman–Crippen MR) is 81.0 cm³/mol. The van der Waals surface area contributed by atoms with E-state index in [2.05, 4.69) is 15.3 Å². The lowest BCUT2D eigenvalue weighted by Gasteiger charge is -2.15. The Morgan fingerprint density at radius 2 is 2.24 bits per heavy atom. The van der Waals surface area contributed by atoms with E-state index in [1.165, 1.54) is 10.9 Å². The summed E-state index contributed by atoms with van der Waals surface area (Å²) in [6, 6.07) is 3.51. The molecule has 2 aromatic heterocycles. The van der Waals surface area contributed by atoms with Crippen LogP contribution in [0.2, 0.25) is 0 Å². The molecule has 2 rings (SSSR count). The van der Waals surface area contributed by atoms with Gasteiger partial charge in [0.15, 0.2) is 0 Å². The van der Waals surface area contributed by atoms with Crippen LogP contribution in [0.15, 0.2) is 32.7 Å². The van der Waals surface area contributed by atoms with Gasteiger partial charge in [0.1, 0.15) is 11.5 Å². The zero-order chi connectivity index (χ0) is 15.4. The molecule has 0 aliphatic heterocycles. The minimum Gasteiger partial charge on any atom is -0.463 e. The molecule has 1 atom stereocenters. The molecule has 0 bridgehead atoms. The predicted octanol–water partition coefficient (Wildman–Crippen LogP) is 1.69. The maximum Gasteiger partial charge on any atom is 0.297 e. The Bertz CT molecular complexity index is 673. The van der Waals surface area contributed by atoms with E-state index in [1.807, 2.05) is 13.8 Å². The van der Waals surface area contributed by atoms with Gasteiger partial charge in [-0.25, -0.2) is 0 Å². The Morgan fingerprint density at radius 1 is 1.48 bits per heavy atom. The third-order valence-corrected chi connectivity index (χ3v) is 3.17. The van der Waals surface area contributed by atoms with Crippen LogP contribution in [0, 0.1) is 0 Å². The summed E-state index contributed by atoms with van der Waals surface area (Å²) in [6.45, 7) is 3.95. The molecule has 0 fully saturated rings. The summed E-state index contributed by atoms with van der Waals surface area (Å²) in [5, 5.41) is 12.3. The fourth-order valence-electron chi connectivity index (χ4n) is 1.75. The fraction of sp³-hybridized carbons (Fsp3) is 0.429. The molecule has 2 heterocycles. The van der Waals surface area contributed by atoms with Gasteiger partial charge in [0, 0.05) is 20.0 Å². The van der Waals surface area contributed by atoms with Gasteiger partial charge >= 0.3 is 0 Å². The summed E-state index contributed by atoms with van der Waals surface area (Å²) in [5.74, 6) is 0.967. The summed E-state index contributed by atoms with van der Waals surface area (Å²) in [5.41, 5.74) is 0.158. The largest absolute Gasteiger partial charge is 0.463 e. The molecule has 7 heteroatoms. The number of hydrogen-bond acceptors (Lipinski definition) is 6. The van der Waals surface area contributed by atoms with E-state index in [-0.39, 0.29) is 11.5 Å². The maximum absolute atomic E-state index is 12.5. The fourth-order valence-corrected chi connectivity index (χ4v) is 1.75. The van der Waals surface area contributed by atoms with Crippen LogP contribution in [-0.2, 0) is 0 Å². The molecule has 21 heavy (non-hydrogen) atoms. The summed E-state index contributed by atoms with van der Waals surface area (Å²) in [4.78, 5) is 14.2. The number of furan rings is 1. The Labute approximate surface area is 122 Å². The Hall–Kier alpha value is -2.44. The van der Waals surface area contributed by atoms with Crippen molar-refractivity contribution in [3.05, 3.63) is 40.2 Å². The average Bonchev–Trinajstić information content (AvgIpc) is 2.98. The van der Waals surface area contributed by atoms with E-state index < -0.39 is 0 Å². The molecule has 112 valence electrons. The zero-order valence-corrected chi connectivity index (χ0v) is 12.6. The van der Waals surface area contributed by atoms with Crippen molar-refractivity contribution in [2.75, 3.05) is 19.0 Å². The van der Waals surface area contributed by atoms with E-state index >= 15 is 0 Å². The van der Waals surface area contributed by atoms with Crippen LogP contribution in [0.25, 0.3) is 0 Å². The van der Waals surface area contributed by atoms with Gasteiger partial charge in [-0.15, -0.1) is 10.2 Å². The van der Waals surface area contributed by atoms with Gasteiger partial charge in [0.2, 0.25) is 5.95 Å². The molecule has 1 unspecified atom stereocenters. The molecule has 0 saturated carbocycles. The molecule has 2 aromatic rings. The number of aromatic nitrogens is 3. The highest BCUT2D eigenvalue weighted by Gasteiger charge is 2.17. The van der Waals surface area contributed by atoms with Crippen LogP contribution >= 0.6 is 0 Å². The van der Waals surface area contributed by atoms with Crippen molar-refractivity contribution in [1.82, 2.24) is 14.9 Å². The van der Waals surface area contributed by atoms with Gasteiger partial charge < -0.3 is 9.32 Å². The molecule has 0 amide bonds. The standard InChI is InChI=1S/C14H19N5O2/c1-5-10(2)12-13(20)19(14(17-16-12)18(3)4)15-9-11-7-6-8-21-11/h6-10H,5H2,1-4H3. The number of hydrogen-bond donors (Lipinski definition) is 0. The first-order valence-corrected chi connectivity index (χ1v) is 6.79. The number of anilines is 1. The lowest BCUT2D eigenvalue weighted by Crippen LogP contribution is -2.30. The normalized spacial score (nSPS) is 12.8. The van der Waals surface area contributed by atoms with Crippen molar-refractivity contribution in [2.24, 2.45) is 5.10 Å². The quantitative estimate of drug-likeness (QED) is 0.783. The summed E-state index contributed by atoms with van der Waals surface area (Å²) in [6.07, 6.45) is 3.84. The third-order valence-electron chi connectivity index (χ3n) is 3.17. The van der Waals surface area contributed by atoms with E-state index in [0.717, 1.165) is 6.42 Å². The second-order valence-corrected chi connectivity index (χ2v) is 4.97. The molecule has 0 spiro atoms. The Balaban J connectivity index is 2.52. The summed E-state index contributed by atoms with van der Waals surface area (Å²) in [7, 11) is 3.57. The Morgan fingerprint density at radius 3 is 2.81 bits per heavy atom. The smallest absolute Gasteiger partial charge is 0.297 e. The molecule has 0 radical (unpaired) electrons. The summed E-state index contributed by atoms with van der Waals surface area (Å²) >= 11 is 0. The lowest BCUT2D eigenvalue weighted by molar-refractivity contribution is 0.558. The third kappa shape index (κ3) is 3.18. The van der Waals surface area contributed by atoms with Crippen molar-refractivity contribution in [2.45, 2.75) is 26.2 Å². The topological polar surface area (TPSA) is 76.5 Å². The SMILES string of the molecule is CCC(C)c1nnc(N(C)C)n(N=Cc2ccco2)c1=O. The molecule has 0 saturated heterocycles. The number of nitrogens with zero attached hydrogens (tertiary/aromatic N) is 5. The maximum atomic E-state index is 12.5. The van der Waals surface area contributed by atoms with Crippen LogP contribution in [0.5, 0.6) is 0 Å². The van der Waals surface area contributed by atoms with Gasteiger partial charge in [-0.05, 0) is 18.6 Å². The van der Waals surface area contributed by atoms with Crippen LogP contribution in [0.1, 0.15) is 37.6 Å². The van der Waals surface area contributed by atoms with Crippen molar-refractivity contribution < 1.29 is 4.42 Å². The monoisotopic (exact) mass is 289 g/mol. The van der Waals surface area contributed by atoms with Crippen molar-refractivity contribution >= 4 is 12.2 Å². The van der Waals surface area contributed by atoms with Crippen molar-refractivity contribution in [3.63, 3.8) is 0 Å². The summed E-state index contributed by atoms with van der Waals surface area (Å²) < 4.78 is 6.43. The highest BCUT2D eigenvalue weighted by atomic mass is 16.3. The molecular formula is C14H19N5O2. The molecule has 0 aliphatic rings. The van der Waals surface area contributed by atoms with Crippen LogP contribution in [0.3, 0.4) is 0 Å². The second kappa shape index (κ2) is 6.34. The van der Waals surface area contributed by atoms with Crippen molar-refractivity contribution in [3.8, 4) is 0 Å². The first kappa shape index (κ1) is 15.0. The van der Waals surface area contributed by atoms with Crippen LogP contribution < -0.4 is 10.5 Å². The van der Waals surface area contributed by atoms with Crippen molar-refractivity contribution in [1.29, 1.82) is 0 Å². The highest BCUT2D eigenvalue weighted by Crippen LogP contribution is 2.13. The first-order chi connectivity index (χ1) is 10.0. The molecule has 0 aromatic carbocycles. The molecule has 0 aliphatic carbocycles. The molecular weight excluding hydrogens is 270 g/mol. The van der Waals surface area contributed by atoms with Gasteiger partial charge in [-0.2, -0.15) is 9.78 Å². The first-order valence-electron chi connectivity index (χ1n) is 6.79. The van der Waals surface area contributed by atoms with Crippen LogP contribution in [0.4, 0.5) is 5.95 Å². The van der Waals surface area contributed by atoms with Gasteiger partial charge in [-0.3, -0.25) is 4.79 Å². The zero-order valence-electron chi connectivity index (χ0n) is 12.6. The number of rotatable bonds is 5.